The largest absolute Gasteiger partial charge is 0.397 e. The zero-order chi connectivity index (χ0) is 38.6. The number of aliphatic hydroxyl groups is 5. The van der Waals surface area contributed by atoms with E-state index in [9.17, 15) is 38.7 Å². The van der Waals surface area contributed by atoms with E-state index in [1.54, 1.807) is 6.08 Å². The molecule has 14 heteroatoms. The van der Waals surface area contributed by atoms with Crippen molar-refractivity contribution < 1.29 is 57.0 Å². The molecule has 0 saturated carbocycles. The van der Waals surface area contributed by atoms with Gasteiger partial charge in [0.1, 0.15) is 30.5 Å². The number of aliphatic hydroxyl groups excluding tert-OH is 5. The van der Waals surface area contributed by atoms with E-state index in [-0.39, 0.29) is 6.42 Å². The Morgan fingerprint density at radius 3 is 1.94 bits per heavy atom. The molecule has 0 spiro atoms. The summed E-state index contributed by atoms with van der Waals surface area (Å²) in [7, 11) is -5.10. The zero-order valence-electron chi connectivity index (χ0n) is 31.5. The van der Waals surface area contributed by atoms with E-state index in [0.29, 0.717) is 12.8 Å². The van der Waals surface area contributed by atoms with Crippen LogP contribution in [0.2, 0.25) is 0 Å². The predicted molar refractivity (Wildman–Crippen MR) is 201 cm³/mol. The Kier molecular flexibility index (Phi) is 27.5. The zero-order valence-corrected chi connectivity index (χ0v) is 32.3. The van der Waals surface area contributed by atoms with Gasteiger partial charge in [-0.2, -0.15) is 8.42 Å². The number of ether oxygens (including phenoxy) is 2. The van der Waals surface area contributed by atoms with Crippen LogP contribution in [0.5, 0.6) is 0 Å². The first-order valence-corrected chi connectivity index (χ1v) is 20.8. The van der Waals surface area contributed by atoms with Crippen molar-refractivity contribution in [2.24, 2.45) is 0 Å². The van der Waals surface area contributed by atoms with Crippen molar-refractivity contribution >= 4 is 16.3 Å². The molecule has 13 nitrogen and oxygen atoms in total. The lowest BCUT2D eigenvalue weighted by molar-refractivity contribution is -0.298. The minimum absolute atomic E-state index is 0.239. The standard InChI is InChI=1S/C38H69NO12S/c1-3-5-7-8-9-10-11-12-13-14-15-16-17-18-19-20-21-22-23-25-27-32(42)37(45)39-30(31(41)26-24-6-4-2)29-49-38-35(44)36(51-52(46,47)48)34(43)33(28-40)50-38/h5,7,9-10,24,26,30-36,38,40-44H,3-4,6,8,11-23,25,27-29H2,1-2H3,(H,39,45)(H,46,47,48)/b7-5-,10-9-,26-24+. The maximum absolute atomic E-state index is 12.9. The van der Waals surface area contributed by atoms with Crippen LogP contribution in [0.4, 0.5) is 0 Å². The number of hydrogen-bond donors (Lipinski definition) is 7. The molecule has 1 heterocycles. The summed E-state index contributed by atoms with van der Waals surface area (Å²) in [6, 6.07) is -1.11. The van der Waals surface area contributed by atoms with Crippen molar-refractivity contribution in [1.82, 2.24) is 5.32 Å². The van der Waals surface area contributed by atoms with Gasteiger partial charge in [-0.3, -0.25) is 9.35 Å². The molecule has 8 atom stereocenters. The number of unbranched alkanes of at least 4 members (excludes halogenated alkanes) is 14. The summed E-state index contributed by atoms with van der Waals surface area (Å²) in [4.78, 5) is 12.9. The minimum Gasteiger partial charge on any atom is -0.394 e. The fraction of sp³-hybridized carbons (Fsp3) is 0.816. The Morgan fingerprint density at radius 1 is 0.808 bits per heavy atom. The number of hydrogen-bond acceptors (Lipinski definition) is 11. The molecule has 7 N–H and O–H groups in total. The second-order valence-corrected chi connectivity index (χ2v) is 14.7. The topological polar surface area (TPSA) is 212 Å². The number of carbonyl (C=O) groups excluding carboxylic acids is 1. The first-order valence-electron chi connectivity index (χ1n) is 19.5. The van der Waals surface area contributed by atoms with Crippen molar-refractivity contribution in [1.29, 1.82) is 0 Å². The van der Waals surface area contributed by atoms with Crippen LogP contribution in [0.3, 0.4) is 0 Å². The highest BCUT2D eigenvalue weighted by Crippen LogP contribution is 2.26. The lowest BCUT2D eigenvalue weighted by atomic mass is 9.99. The molecule has 0 aliphatic carbocycles. The average Bonchev–Trinajstić information content (AvgIpc) is 3.11. The van der Waals surface area contributed by atoms with Gasteiger partial charge < -0.3 is 40.3 Å². The minimum atomic E-state index is -5.10. The molecule has 1 amide bonds. The normalized spacial score (nSPS) is 23.1. The lowest BCUT2D eigenvalue weighted by Gasteiger charge is -2.41. The number of rotatable bonds is 31. The van der Waals surface area contributed by atoms with Gasteiger partial charge in [-0.15, -0.1) is 0 Å². The van der Waals surface area contributed by atoms with Crippen LogP contribution in [0.25, 0.3) is 0 Å². The Hall–Kier alpha value is -1.72. The van der Waals surface area contributed by atoms with Gasteiger partial charge in [-0.1, -0.05) is 134 Å². The summed E-state index contributed by atoms with van der Waals surface area (Å²) in [6.07, 6.45) is 20.9. The summed E-state index contributed by atoms with van der Waals surface area (Å²) in [5.41, 5.74) is 0. The Balaban J connectivity index is 2.37. The van der Waals surface area contributed by atoms with Gasteiger partial charge in [0.15, 0.2) is 6.29 Å². The van der Waals surface area contributed by atoms with Crippen molar-refractivity contribution in [3.63, 3.8) is 0 Å². The van der Waals surface area contributed by atoms with Crippen molar-refractivity contribution in [3.05, 3.63) is 36.5 Å². The monoisotopic (exact) mass is 763 g/mol. The predicted octanol–water partition coefficient (Wildman–Crippen LogP) is 4.96. The second-order valence-electron chi connectivity index (χ2n) is 13.6. The Bertz CT molecular complexity index is 1100. The van der Waals surface area contributed by atoms with Gasteiger partial charge in [0.05, 0.1) is 25.4 Å². The van der Waals surface area contributed by atoms with E-state index >= 15 is 0 Å². The van der Waals surface area contributed by atoms with Gasteiger partial charge in [-0.25, -0.2) is 4.18 Å². The number of allylic oxidation sites excluding steroid dienone is 5. The molecule has 0 radical (unpaired) electrons. The quantitative estimate of drug-likeness (QED) is 0.0284. The molecule has 0 bridgehead atoms. The third-order valence-electron chi connectivity index (χ3n) is 9.02. The van der Waals surface area contributed by atoms with E-state index in [4.69, 9.17) is 14.0 Å². The maximum Gasteiger partial charge on any atom is 0.397 e. The van der Waals surface area contributed by atoms with Crippen molar-refractivity contribution in [2.45, 2.75) is 185 Å². The Morgan fingerprint density at radius 2 is 1.38 bits per heavy atom. The smallest absolute Gasteiger partial charge is 0.394 e. The van der Waals surface area contributed by atoms with Crippen LogP contribution in [-0.4, -0.2) is 107 Å². The molecule has 0 aromatic heterocycles. The number of amides is 1. The first-order chi connectivity index (χ1) is 24.9. The SMILES string of the molecule is CC/C=C\C/C=C\CCCCCCCCCCCCCCCC(O)C(=O)NC(COC1OC(CO)C(O)C(OS(=O)(=O)O)C1O)C(O)/C=C/CCC. The first kappa shape index (κ1) is 48.3. The van der Waals surface area contributed by atoms with E-state index in [1.165, 1.54) is 70.3 Å². The van der Waals surface area contributed by atoms with Crippen molar-refractivity contribution in [2.75, 3.05) is 13.2 Å². The highest BCUT2D eigenvalue weighted by atomic mass is 32.3. The molecule has 52 heavy (non-hydrogen) atoms. The van der Waals surface area contributed by atoms with E-state index in [2.05, 4.69) is 40.7 Å². The fourth-order valence-electron chi connectivity index (χ4n) is 5.92. The summed E-state index contributed by atoms with van der Waals surface area (Å²) < 4.78 is 46.9. The van der Waals surface area contributed by atoms with Gasteiger partial charge in [-0.05, 0) is 38.5 Å². The average molecular weight is 764 g/mol. The van der Waals surface area contributed by atoms with Crippen molar-refractivity contribution in [3.8, 4) is 0 Å². The van der Waals surface area contributed by atoms with Gasteiger partial charge >= 0.3 is 10.4 Å². The molecular weight excluding hydrogens is 694 g/mol. The lowest BCUT2D eigenvalue weighted by Crippen LogP contribution is -2.61. The summed E-state index contributed by atoms with van der Waals surface area (Å²) >= 11 is 0. The summed E-state index contributed by atoms with van der Waals surface area (Å²) in [6.45, 7) is 2.83. The van der Waals surface area contributed by atoms with Crippen LogP contribution in [0, 0.1) is 0 Å². The van der Waals surface area contributed by atoms with Gasteiger partial charge in [0.2, 0.25) is 5.91 Å². The highest BCUT2D eigenvalue weighted by Gasteiger charge is 2.48. The maximum atomic E-state index is 12.9. The van der Waals surface area contributed by atoms with E-state index in [1.807, 2.05) is 6.92 Å². The second kappa shape index (κ2) is 29.6. The number of carbonyl (C=O) groups is 1. The molecule has 1 aliphatic rings. The Labute approximate surface area is 312 Å². The molecule has 1 aliphatic heterocycles. The summed E-state index contributed by atoms with van der Waals surface area (Å²) in [5.74, 6) is -0.717. The third kappa shape index (κ3) is 22.5. The molecular formula is C38H69NO12S. The third-order valence-corrected chi connectivity index (χ3v) is 9.48. The van der Waals surface area contributed by atoms with Crippen LogP contribution in [-0.2, 0) is 28.9 Å². The van der Waals surface area contributed by atoms with Crippen LogP contribution < -0.4 is 5.32 Å². The van der Waals surface area contributed by atoms with Gasteiger partial charge in [0.25, 0.3) is 0 Å². The molecule has 8 unspecified atom stereocenters. The summed E-state index contributed by atoms with van der Waals surface area (Å²) in [5, 5.41) is 54.2. The molecule has 304 valence electrons. The van der Waals surface area contributed by atoms with Gasteiger partial charge in [0, 0.05) is 0 Å². The number of nitrogens with one attached hydrogen (secondary N) is 1. The van der Waals surface area contributed by atoms with Crippen LogP contribution in [0.1, 0.15) is 136 Å². The van der Waals surface area contributed by atoms with E-state index in [0.717, 1.165) is 38.5 Å². The van der Waals surface area contributed by atoms with Crippen LogP contribution in [0.15, 0.2) is 36.5 Å². The van der Waals surface area contributed by atoms with Crippen LogP contribution >= 0.6 is 0 Å². The molecule has 1 saturated heterocycles. The molecule has 0 aromatic rings. The molecule has 1 rings (SSSR count). The molecule has 0 aromatic carbocycles. The fourth-order valence-corrected chi connectivity index (χ4v) is 6.42. The van der Waals surface area contributed by atoms with E-state index < -0.39 is 78.5 Å². The molecule has 1 fully saturated rings. The highest BCUT2D eigenvalue weighted by molar-refractivity contribution is 7.80.